The summed E-state index contributed by atoms with van der Waals surface area (Å²) in [5, 5.41) is 3.58. The van der Waals surface area contributed by atoms with Crippen molar-refractivity contribution in [1.82, 2.24) is 15.2 Å². The second kappa shape index (κ2) is 4.75. The monoisotopic (exact) mass is 233 g/mol. The molecule has 1 aliphatic rings. The number of rotatable bonds is 2. The molecule has 1 aromatic rings. The zero-order chi connectivity index (χ0) is 12.5. The van der Waals surface area contributed by atoms with Gasteiger partial charge in [-0.1, -0.05) is 0 Å². The molecule has 17 heavy (non-hydrogen) atoms. The van der Waals surface area contributed by atoms with Crippen molar-refractivity contribution in [2.24, 2.45) is 0 Å². The van der Waals surface area contributed by atoms with Gasteiger partial charge in [0.15, 0.2) is 0 Å². The summed E-state index contributed by atoms with van der Waals surface area (Å²) in [6.07, 6.45) is 3.86. The summed E-state index contributed by atoms with van der Waals surface area (Å²) in [5.41, 5.74) is 2.89. The van der Waals surface area contributed by atoms with E-state index < -0.39 is 0 Å². The van der Waals surface area contributed by atoms with Crippen LogP contribution in [0, 0.1) is 6.92 Å². The molecule has 0 saturated carbocycles. The lowest BCUT2D eigenvalue weighted by Gasteiger charge is -2.43. The Morgan fingerprint density at radius 1 is 1.53 bits per heavy atom. The van der Waals surface area contributed by atoms with E-state index in [0.717, 1.165) is 19.6 Å². The van der Waals surface area contributed by atoms with Gasteiger partial charge < -0.3 is 5.32 Å². The summed E-state index contributed by atoms with van der Waals surface area (Å²) in [6, 6.07) is 2.68. The van der Waals surface area contributed by atoms with Gasteiger partial charge in [0.1, 0.15) is 0 Å². The molecule has 1 aromatic heterocycles. The Balaban J connectivity index is 2.10. The third-order valence-corrected chi connectivity index (χ3v) is 3.62. The Bertz CT molecular complexity index is 387. The molecular weight excluding hydrogens is 210 g/mol. The van der Waals surface area contributed by atoms with Crippen LogP contribution in [0.1, 0.15) is 31.9 Å². The van der Waals surface area contributed by atoms with Gasteiger partial charge in [0.2, 0.25) is 0 Å². The minimum atomic E-state index is 0.211. The summed E-state index contributed by atoms with van der Waals surface area (Å²) < 4.78 is 0. The normalized spacial score (nSPS) is 24.8. The number of hydrogen-bond donors (Lipinski definition) is 1. The first kappa shape index (κ1) is 12.5. The van der Waals surface area contributed by atoms with Crippen molar-refractivity contribution in [2.45, 2.75) is 45.8 Å². The van der Waals surface area contributed by atoms with Crippen molar-refractivity contribution in [2.75, 3.05) is 13.1 Å². The number of pyridine rings is 1. The van der Waals surface area contributed by atoms with Crippen LogP contribution in [0.5, 0.6) is 0 Å². The molecule has 1 unspecified atom stereocenters. The average molecular weight is 233 g/mol. The molecule has 0 radical (unpaired) electrons. The topological polar surface area (TPSA) is 28.2 Å². The fourth-order valence-electron chi connectivity index (χ4n) is 2.37. The van der Waals surface area contributed by atoms with E-state index in [-0.39, 0.29) is 5.54 Å². The van der Waals surface area contributed by atoms with Gasteiger partial charge in [-0.25, -0.2) is 0 Å². The number of nitrogens with zero attached hydrogens (tertiary/aromatic N) is 2. The molecule has 2 rings (SSSR count). The van der Waals surface area contributed by atoms with Crippen molar-refractivity contribution in [3.05, 3.63) is 29.6 Å². The summed E-state index contributed by atoms with van der Waals surface area (Å²) in [5.74, 6) is 0. The lowest BCUT2D eigenvalue weighted by molar-refractivity contribution is 0.0975. The van der Waals surface area contributed by atoms with Crippen molar-refractivity contribution >= 4 is 0 Å². The van der Waals surface area contributed by atoms with Gasteiger partial charge >= 0.3 is 0 Å². The first-order valence-corrected chi connectivity index (χ1v) is 6.36. The third-order valence-electron chi connectivity index (χ3n) is 3.62. The van der Waals surface area contributed by atoms with Crippen molar-refractivity contribution in [1.29, 1.82) is 0 Å². The van der Waals surface area contributed by atoms with Gasteiger partial charge in [0.05, 0.1) is 0 Å². The molecule has 0 bridgehead atoms. The van der Waals surface area contributed by atoms with Crippen LogP contribution < -0.4 is 5.32 Å². The minimum absolute atomic E-state index is 0.211. The highest BCUT2D eigenvalue weighted by molar-refractivity contribution is 5.21. The van der Waals surface area contributed by atoms with E-state index in [0.29, 0.717) is 6.04 Å². The van der Waals surface area contributed by atoms with Gasteiger partial charge in [-0.05, 0) is 44.9 Å². The quantitative estimate of drug-likeness (QED) is 0.846. The molecule has 3 nitrogen and oxygen atoms in total. The molecule has 0 spiro atoms. The number of aromatic nitrogens is 1. The van der Waals surface area contributed by atoms with Crippen LogP contribution in [0.15, 0.2) is 18.5 Å². The predicted octanol–water partition coefficient (Wildman–Crippen LogP) is 1.96. The second-order valence-corrected chi connectivity index (χ2v) is 5.82. The van der Waals surface area contributed by atoms with Gasteiger partial charge in [-0.3, -0.25) is 9.88 Å². The van der Waals surface area contributed by atoms with Crippen molar-refractivity contribution < 1.29 is 0 Å². The summed E-state index contributed by atoms with van der Waals surface area (Å²) in [6.45, 7) is 12.1. The zero-order valence-corrected chi connectivity index (χ0v) is 11.3. The molecule has 1 N–H and O–H groups in total. The van der Waals surface area contributed by atoms with E-state index in [4.69, 9.17) is 0 Å². The lowest BCUT2D eigenvalue weighted by Crippen LogP contribution is -2.60. The standard InChI is InChI=1S/C14H23N3/c1-11-5-6-15-8-13(11)9-17-10-14(3,4)16-7-12(17)2/h5-6,8,12,16H,7,9-10H2,1-4H3. The van der Waals surface area contributed by atoms with Crippen molar-refractivity contribution in [3.8, 4) is 0 Å². The number of hydrogen-bond acceptors (Lipinski definition) is 3. The highest BCUT2D eigenvalue weighted by Crippen LogP contribution is 2.18. The molecule has 1 atom stereocenters. The second-order valence-electron chi connectivity index (χ2n) is 5.82. The Morgan fingerprint density at radius 3 is 3.00 bits per heavy atom. The number of piperazine rings is 1. The van der Waals surface area contributed by atoms with E-state index in [1.807, 2.05) is 12.4 Å². The summed E-state index contributed by atoms with van der Waals surface area (Å²) >= 11 is 0. The van der Waals surface area contributed by atoms with Crippen LogP contribution in [0.4, 0.5) is 0 Å². The van der Waals surface area contributed by atoms with E-state index in [1.165, 1.54) is 11.1 Å². The van der Waals surface area contributed by atoms with Gasteiger partial charge in [0, 0.05) is 43.6 Å². The zero-order valence-electron chi connectivity index (χ0n) is 11.3. The Kier molecular flexibility index (Phi) is 3.50. The molecule has 1 saturated heterocycles. The molecule has 0 aliphatic carbocycles. The van der Waals surface area contributed by atoms with Gasteiger partial charge in [-0.2, -0.15) is 0 Å². The fourth-order valence-corrected chi connectivity index (χ4v) is 2.37. The molecule has 1 aliphatic heterocycles. The van der Waals surface area contributed by atoms with Gasteiger partial charge in [0.25, 0.3) is 0 Å². The van der Waals surface area contributed by atoms with Crippen LogP contribution >= 0.6 is 0 Å². The number of nitrogens with one attached hydrogen (secondary N) is 1. The van der Waals surface area contributed by atoms with Crippen molar-refractivity contribution in [3.63, 3.8) is 0 Å². The Morgan fingerprint density at radius 2 is 2.29 bits per heavy atom. The lowest BCUT2D eigenvalue weighted by atomic mass is 9.98. The highest BCUT2D eigenvalue weighted by atomic mass is 15.2. The maximum Gasteiger partial charge on any atom is 0.0315 e. The van der Waals surface area contributed by atoms with E-state index >= 15 is 0 Å². The molecule has 1 fully saturated rings. The largest absolute Gasteiger partial charge is 0.309 e. The summed E-state index contributed by atoms with van der Waals surface area (Å²) in [4.78, 5) is 6.77. The highest BCUT2D eigenvalue weighted by Gasteiger charge is 2.30. The maximum absolute atomic E-state index is 4.23. The SMILES string of the molecule is Cc1ccncc1CN1CC(C)(C)NCC1C. The predicted molar refractivity (Wildman–Crippen MR) is 70.9 cm³/mol. The van der Waals surface area contributed by atoms with Crippen LogP contribution in [0.2, 0.25) is 0 Å². The first-order chi connectivity index (χ1) is 7.98. The maximum atomic E-state index is 4.23. The van der Waals surface area contributed by atoms with E-state index in [1.54, 1.807) is 0 Å². The molecule has 0 amide bonds. The molecule has 0 aromatic carbocycles. The fraction of sp³-hybridized carbons (Fsp3) is 0.643. The molecular formula is C14H23N3. The van der Waals surface area contributed by atoms with E-state index in [9.17, 15) is 0 Å². The Hall–Kier alpha value is -0.930. The average Bonchev–Trinajstić information content (AvgIpc) is 2.26. The molecule has 3 heteroatoms. The smallest absolute Gasteiger partial charge is 0.0315 e. The van der Waals surface area contributed by atoms with Gasteiger partial charge in [-0.15, -0.1) is 0 Å². The third kappa shape index (κ3) is 3.05. The first-order valence-electron chi connectivity index (χ1n) is 6.36. The molecule has 94 valence electrons. The summed E-state index contributed by atoms with van der Waals surface area (Å²) in [7, 11) is 0. The van der Waals surface area contributed by atoms with Crippen LogP contribution in [-0.4, -0.2) is 34.6 Å². The van der Waals surface area contributed by atoms with Crippen LogP contribution in [0.25, 0.3) is 0 Å². The minimum Gasteiger partial charge on any atom is -0.309 e. The Labute approximate surface area is 104 Å². The van der Waals surface area contributed by atoms with Crippen LogP contribution in [0.3, 0.4) is 0 Å². The van der Waals surface area contributed by atoms with E-state index in [2.05, 4.69) is 49.0 Å². The van der Waals surface area contributed by atoms with Crippen LogP contribution in [-0.2, 0) is 6.54 Å². The number of aryl methyl sites for hydroxylation is 1. The molecule has 2 heterocycles.